The van der Waals surface area contributed by atoms with E-state index in [-0.39, 0.29) is 0 Å². The van der Waals surface area contributed by atoms with E-state index in [0.29, 0.717) is 17.5 Å². The van der Waals surface area contributed by atoms with Crippen LogP contribution in [0.2, 0.25) is 5.02 Å². The van der Waals surface area contributed by atoms with Crippen LogP contribution in [0.3, 0.4) is 0 Å². The van der Waals surface area contributed by atoms with Crippen molar-refractivity contribution in [1.82, 2.24) is 14.9 Å². The molecule has 0 unspecified atom stereocenters. The normalized spacial score (nSPS) is 15.5. The van der Waals surface area contributed by atoms with Crippen molar-refractivity contribution in [3.05, 3.63) is 51.7 Å². The third-order valence-electron chi connectivity index (χ3n) is 3.64. The van der Waals surface area contributed by atoms with Gasteiger partial charge < -0.3 is 10.6 Å². The highest BCUT2D eigenvalue weighted by molar-refractivity contribution is 7.10. The predicted octanol–water partition coefficient (Wildman–Crippen LogP) is 3.10. The third kappa shape index (κ3) is 2.60. The number of aromatic nitrogens is 2. The van der Waals surface area contributed by atoms with Gasteiger partial charge in [-0.2, -0.15) is 0 Å². The second-order valence-corrected chi connectivity index (χ2v) is 6.70. The van der Waals surface area contributed by atoms with Gasteiger partial charge in [-0.05, 0) is 32.1 Å². The summed E-state index contributed by atoms with van der Waals surface area (Å²) in [6.07, 6.45) is 5.52. The highest BCUT2D eigenvalue weighted by Crippen LogP contribution is 2.33. The van der Waals surface area contributed by atoms with Gasteiger partial charge in [-0.3, -0.25) is 4.98 Å². The van der Waals surface area contributed by atoms with Crippen molar-refractivity contribution in [1.29, 1.82) is 0 Å². The van der Waals surface area contributed by atoms with Gasteiger partial charge in [-0.1, -0.05) is 11.6 Å². The maximum atomic E-state index is 6.29. The summed E-state index contributed by atoms with van der Waals surface area (Å²) in [4.78, 5) is 15.2. The largest absolute Gasteiger partial charge is 0.369 e. The molecule has 0 atom stereocenters. The van der Waals surface area contributed by atoms with Gasteiger partial charge in [-0.25, -0.2) is 9.98 Å². The zero-order chi connectivity index (χ0) is 15.7. The lowest BCUT2D eigenvalue weighted by molar-refractivity contribution is 0.226. The molecule has 0 radical (unpaired) electrons. The summed E-state index contributed by atoms with van der Waals surface area (Å²) in [7, 11) is 0. The van der Waals surface area contributed by atoms with E-state index in [1.165, 1.54) is 0 Å². The minimum Gasteiger partial charge on any atom is -0.369 e. The Bertz CT molecular complexity index is 736. The van der Waals surface area contributed by atoms with Crippen LogP contribution < -0.4 is 5.73 Å². The van der Waals surface area contributed by atoms with Crippen molar-refractivity contribution in [3.63, 3.8) is 0 Å². The molecule has 0 bridgehead atoms. The standard InChI is InChI=1S/C15H16ClN5S/c1-15(2,12-10(16)4-3-6-18-12)21-8-5-11(20-14(21)17)13-19-7-9-22-13/h3-7,9H,8H2,1-2H3,(H2,17,20). The average molecular weight is 334 g/mol. The fourth-order valence-electron chi connectivity index (χ4n) is 2.46. The highest BCUT2D eigenvalue weighted by Gasteiger charge is 2.34. The predicted molar refractivity (Wildman–Crippen MR) is 90.7 cm³/mol. The summed E-state index contributed by atoms with van der Waals surface area (Å²) in [5.74, 6) is 0.444. The maximum Gasteiger partial charge on any atom is 0.197 e. The lowest BCUT2D eigenvalue weighted by Crippen LogP contribution is -2.50. The molecule has 22 heavy (non-hydrogen) atoms. The van der Waals surface area contributed by atoms with Gasteiger partial charge >= 0.3 is 0 Å². The molecule has 3 heterocycles. The smallest absolute Gasteiger partial charge is 0.197 e. The first-order valence-electron chi connectivity index (χ1n) is 6.83. The first-order chi connectivity index (χ1) is 10.5. The van der Waals surface area contributed by atoms with Crippen LogP contribution in [0.5, 0.6) is 0 Å². The van der Waals surface area contributed by atoms with E-state index in [1.54, 1.807) is 23.7 Å². The Morgan fingerprint density at radius 2 is 2.14 bits per heavy atom. The summed E-state index contributed by atoms with van der Waals surface area (Å²) in [5.41, 5.74) is 7.32. The van der Waals surface area contributed by atoms with Crippen LogP contribution >= 0.6 is 22.9 Å². The molecule has 0 aromatic carbocycles. The molecule has 1 aliphatic heterocycles. The monoisotopic (exact) mass is 333 g/mol. The number of aliphatic imine (C=N–C) groups is 1. The molecule has 5 nitrogen and oxygen atoms in total. The Balaban J connectivity index is 1.91. The third-order valence-corrected chi connectivity index (χ3v) is 4.74. The van der Waals surface area contributed by atoms with Crippen molar-refractivity contribution in [2.24, 2.45) is 10.7 Å². The lowest BCUT2D eigenvalue weighted by Gasteiger charge is -2.40. The molecule has 0 saturated carbocycles. The number of thiazole rings is 1. The van der Waals surface area contributed by atoms with Gasteiger partial charge in [0.2, 0.25) is 0 Å². The summed E-state index contributed by atoms with van der Waals surface area (Å²) in [6, 6.07) is 3.65. The van der Waals surface area contributed by atoms with Gasteiger partial charge in [0.25, 0.3) is 0 Å². The van der Waals surface area contributed by atoms with E-state index in [1.807, 2.05) is 42.3 Å². The quantitative estimate of drug-likeness (QED) is 0.937. The zero-order valence-electron chi connectivity index (χ0n) is 12.3. The molecule has 2 N–H and O–H groups in total. The van der Waals surface area contributed by atoms with Crippen LogP contribution in [-0.2, 0) is 5.54 Å². The Kier molecular flexibility index (Phi) is 3.88. The topological polar surface area (TPSA) is 67.4 Å². The first-order valence-corrected chi connectivity index (χ1v) is 8.08. The molecule has 0 aliphatic carbocycles. The molecule has 0 saturated heterocycles. The second kappa shape index (κ2) is 5.70. The van der Waals surface area contributed by atoms with Gasteiger partial charge in [0.15, 0.2) is 5.96 Å². The Labute approximate surface area is 138 Å². The van der Waals surface area contributed by atoms with E-state index < -0.39 is 5.54 Å². The lowest BCUT2D eigenvalue weighted by atomic mass is 9.97. The van der Waals surface area contributed by atoms with Gasteiger partial charge in [-0.15, -0.1) is 11.3 Å². The summed E-state index contributed by atoms with van der Waals surface area (Å²) < 4.78 is 0. The number of rotatable bonds is 3. The van der Waals surface area contributed by atoms with Crippen LogP contribution in [-0.4, -0.2) is 27.4 Å². The van der Waals surface area contributed by atoms with Gasteiger partial charge in [0.05, 0.1) is 16.3 Å². The number of halogens is 1. The second-order valence-electron chi connectivity index (χ2n) is 5.40. The van der Waals surface area contributed by atoms with E-state index in [9.17, 15) is 0 Å². The molecule has 0 amide bonds. The number of nitrogens with zero attached hydrogens (tertiary/aromatic N) is 4. The number of guanidine groups is 1. The minimum absolute atomic E-state index is 0.444. The SMILES string of the molecule is CC(C)(c1ncccc1Cl)N1CC=C(c2nccs2)N=C1N. The number of nitrogens with two attached hydrogens (primary N) is 1. The molecule has 0 fully saturated rings. The van der Waals surface area contributed by atoms with Crippen LogP contribution in [0, 0.1) is 0 Å². The molecule has 114 valence electrons. The van der Waals surface area contributed by atoms with Crippen molar-refractivity contribution < 1.29 is 0 Å². The number of hydrogen-bond acceptors (Lipinski definition) is 6. The van der Waals surface area contributed by atoms with Gasteiger partial charge in [0, 0.05) is 24.3 Å². The van der Waals surface area contributed by atoms with Gasteiger partial charge in [0.1, 0.15) is 10.7 Å². The van der Waals surface area contributed by atoms with E-state index in [4.69, 9.17) is 17.3 Å². The summed E-state index contributed by atoms with van der Waals surface area (Å²) in [6.45, 7) is 4.70. The van der Waals surface area contributed by atoms with E-state index in [2.05, 4.69) is 15.0 Å². The molecule has 3 rings (SSSR count). The number of hydrogen-bond donors (Lipinski definition) is 1. The van der Waals surface area contributed by atoms with Crippen LogP contribution in [0.15, 0.2) is 41.0 Å². The Morgan fingerprint density at radius 1 is 1.32 bits per heavy atom. The Hall–Kier alpha value is -1.92. The van der Waals surface area contributed by atoms with Crippen molar-refractivity contribution in [2.75, 3.05) is 6.54 Å². The van der Waals surface area contributed by atoms with Crippen molar-refractivity contribution in [3.8, 4) is 0 Å². The molecule has 1 aliphatic rings. The molecular weight excluding hydrogens is 318 g/mol. The van der Waals surface area contributed by atoms with E-state index >= 15 is 0 Å². The molecular formula is C15H16ClN5S. The molecule has 0 spiro atoms. The zero-order valence-corrected chi connectivity index (χ0v) is 13.9. The fraction of sp³-hybridized carbons (Fsp3) is 0.267. The van der Waals surface area contributed by atoms with Crippen molar-refractivity contribution >= 4 is 34.6 Å². The molecule has 2 aromatic rings. The maximum absolute atomic E-state index is 6.29. The summed E-state index contributed by atoms with van der Waals surface area (Å²) >= 11 is 7.84. The summed E-state index contributed by atoms with van der Waals surface area (Å²) in [5, 5.41) is 3.41. The molecule has 7 heteroatoms. The van der Waals surface area contributed by atoms with E-state index in [0.717, 1.165) is 16.4 Å². The average Bonchev–Trinajstić information content (AvgIpc) is 3.01. The minimum atomic E-state index is -0.461. The first kappa shape index (κ1) is 15.0. The fourth-order valence-corrected chi connectivity index (χ4v) is 3.44. The number of pyridine rings is 1. The van der Waals surface area contributed by atoms with Crippen LogP contribution in [0.4, 0.5) is 0 Å². The molecule has 2 aromatic heterocycles. The van der Waals surface area contributed by atoms with Crippen LogP contribution in [0.25, 0.3) is 5.70 Å². The van der Waals surface area contributed by atoms with Crippen LogP contribution in [0.1, 0.15) is 24.5 Å². The Morgan fingerprint density at radius 3 is 2.77 bits per heavy atom. The van der Waals surface area contributed by atoms with Crippen molar-refractivity contribution in [2.45, 2.75) is 19.4 Å². The highest BCUT2D eigenvalue weighted by atomic mass is 35.5.